The van der Waals surface area contributed by atoms with E-state index in [1.54, 1.807) is 24.3 Å². The second kappa shape index (κ2) is 11.2. The van der Waals surface area contributed by atoms with Gasteiger partial charge < -0.3 is 10.4 Å². The molecule has 0 saturated carbocycles. The standard InChI is InChI=1S/C31H26N2O3/c32-22-24-13-11-10-12-23(24)20-28(30(35)36)33-29(34)21-31(25-14-4-1-5-15-25,26-16-6-2-7-17-26)27-18-8-3-9-19-27/h1-19,28H,20-21H2,(H,33,34)(H,35,36)/t28-/m0/s1. The second-order valence-electron chi connectivity index (χ2n) is 8.61. The first-order valence-corrected chi connectivity index (χ1v) is 11.7. The number of hydrogen-bond donors (Lipinski definition) is 2. The van der Waals surface area contributed by atoms with E-state index in [2.05, 4.69) is 11.4 Å². The van der Waals surface area contributed by atoms with Crippen molar-refractivity contribution in [3.05, 3.63) is 143 Å². The van der Waals surface area contributed by atoms with Gasteiger partial charge in [-0.15, -0.1) is 0 Å². The molecule has 4 rings (SSSR count). The van der Waals surface area contributed by atoms with Crippen LogP contribution in [0.15, 0.2) is 115 Å². The molecule has 0 aliphatic carbocycles. The van der Waals surface area contributed by atoms with Gasteiger partial charge in [0.15, 0.2) is 0 Å². The number of carboxylic acids is 1. The zero-order chi connectivity index (χ0) is 25.4. The number of carbonyl (C=O) groups excluding carboxylic acids is 1. The van der Waals surface area contributed by atoms with Crippen molar-refractivity contribution in [2.45, 2.75) is 24.3 Å². The Balaban J connectivity index is 1.74. The predicted molar refractivity (Wildman–Crippen MR) is 138 cm³/mol. The summed E-state index contributed by atoms with van der Waals surface area (Å²) in [7, 11) is 0. The monoisotopic (exact) mass is 474 g/mol. The number of hydrogen-bond acceptors (Lipinski definition) is 3. The third-order valence-electron chi connectivity index (χ3n) is 6.42. The lowest BCUT2D eigenvalue weighted by molar-refractivity contribution is -0.141. The van der Waals surface area contributed by atoms with Gasteiger partial charge in [-0.2, -0.15) is 5.26 Å². The van der Waals surface area contributed by atoms with Crippen molar-refractivity contribution in [3.63, 3.8) is 0 Å². The fraction of sp³-hybridized carbons (Fsp3) is 0.129. The molecule has 2 N–H and O–H groups in total. The Kier molecular flexibility index (Phi) is 7.57. The van der Waals surface area contributed by atoms with Crippen molar-refractivity contribution in [2.24, 2.45) is 0 Å². The highest BCUT2D eigenvalue weighted by Crippen LogP contribution is 2.42. The summed E-state index contributed by atoms with van der Waals surface area (Å²) in [6.07, 6.45) is 0.0224. The predicted octanol–water partition coefficient (Wildman–Crippen LogP) is 5.09. The maximum absolute atomic E-state index is 13.6. The molecular formula is C31H26N2O3. The van der Waals surface area contributed by atoms with Crippen molar-refractivity contribution in [1.29, 1.82) is 5.26 Å². The molecule has 0 heterocycles. The summed E-state index contributed by atoms with van der Waals surface area (Å²) in [6.45, 7) is 0. The van der Waals surface area contributed by atoms with Crippen LogP contribution in [0.1, 0.15) is 34.2 Å². The molecular weight excluding hydrogens is 448 g/mol. The largest absolute Gasteiger partial charge is 0.480 e. The fourth-order valence-corrected chi connectivity index (χ4v) is 4.69. The van der Waals surface area contributed by atoms with Gasteiger partial charge in [0.2, 0.25) is 5.91 Å². The molecule has 0 bridgehead atoms. The summed E-state index contributed by atoms with van der Waals surface area (Å²) in [4.78, 5) is 25.7. The molecule has 0 radical (unpaired) electrons. The SMILES string of the molecule is N#Cc1ccccc1C[C@H](NC(=O)CC(c1ccccc1)(c1ccccc1)c1ccccc1)C(=O)O. The van der Waals surface area contributed by atoms with Crippen molar-refractivity contribution in [2.75, 3.05) is 0 Å². The quantitative estimate of drug-likeness (QED) is 0.331. The zero-order valence-corrected chi connectivity index (χ0v) is 19.7. The maximum atomic E-state index is 13.6. The molecule has 4 aromatic rings. The van der Waals surface area contributed by atoms with E-state index < -0.39 is 23.3 Å². The van der Waals surface area contributed by atoms with Gasteiger partial charge in [-0.25, -0.2) is 4.79 Å². The Morgan fingerprint density at radius 3 is 1.64 bits per heavy atom. The first-order valence-electron chi connectivity index (χ1n) is 11.7. The lowest BCUT2D eigenvalue weighted by atomic mass is 9.67. The van der Waals surface area contributed by atoms with Crippen molar-refractivity contribution in [1.82, 2.24) is 5.32 Å². The number of nitriles is 1. The molecule has 0 fully saturated rings. The average Bonchev–Trinajstić information content (AvgIpc) is 2.93. The molecule has 5 heteroatoms. The van der Waals surface area contributed by atoms with Crippen LogP contribution in [0, 0.1) is 11.3 Å². The van der Waals surface area contributed by atoms with E-state index in [0.717, 1.165) is 16.7 Å². The summed E-state index contributed by atoms with van der Waals surface area (Å²) < 4.78 is 0. The topological polar surface area (TPSA) is 90.2 Å². The molecule has 36 heavy (non-hydrogen) atoms. The van der Waals surface area contributed by atoms with Crippen LogP contribution in [0.2, 0.25) is 0 Å². The minimum Gasteiger partial charge on any atom is -0.480 e. The van der Waals surface area contributed by atoms with Gasteiger partial charge in [0.25, 0.3) is 0 Å². The summed E-state index contributed by atoms with van der Waals surface area (Å²) in [5.74, 6) is -1.55. The minimum atomic E-state index is -1.17. The summed E-state index contributed by atoms with van der Waals surface area (Å²) in [5.41, 5.74) is 2.93. The number of carboxylic acid groups (broad SMARTS) is 1. The fourth-order valence-electron chi connectivity index (χ4n) is 4.69. The van der Waals surface area contributed by atoms with E-state index in [4.69, 9.17) is 0 Å². The molecule has 1 atom stereocenters. The van der Waals surface area contributed by atoms with E-state index in [-0.39, 0.29) is 12.8 Å². The van der Waals surface area contributed by atoms with E-state index in [9.17, 15) is 20.0 Å². The van der Waals surface area contributed by atoms with Crippen LogP contribution in [0.3, 0.4) is 0 Å². The van der Waals surface area contributed by atoms with Gasteiger partial charge in [-0.05, 0) is 28.3 Å². The van der Waals surface area contributed by atoms with Gasteiger partial charge in [0.05, 0.1) is 17.0 Å². The third kappa shape index (κ3) is 5.18. The molecule has 0 saturated heterocycles. The van der Waals surface area contributed by atoms with E-state index in [1.165, 1.54) is 0 Å². The lowest BCUT2D eigenvalue weighted by Crippen LogP contribution is -2.45. The molecule has 0 unspecified atom stereocenters. The first-order chi connectivity index (χ1) is 17.5. The molecule has 178 valence electrons. The maximum Gasteiger partial charge on any atom is 0.326 e. The minimum absolute atomic E-state index is 0.00865. The van der Waals surface area contributed by atoms with Crippen LogP contribution in [0.25, 0.3) is 0 Å². The summed E-state index contributed by atoms with van der Waals surface area (Å²) in [6, 6.07) is 37.1. The normalized spacial score (nSPS) is 11.8. The van der Waals surface area contributed by atoms with Crippen LogP contribution in [0.5, 0.6) is 0 Å². The molecule has 5 nitrogen and oxygen atoms in total. The number of amides is 1. The number of aliphatic carboxylic acids is 1. The number of benzene rings is 4. The average molecular weight is 475 g/mol. The van der Waals surface area contributed by atoms with Crippen LogP contribution in [-0.4, -0.2) is 23.0 Å². The molecule has 0 aromatic heterocycles. The highest BCUT2D eigenvalue weighted by molar-refractivity contribution is 5.85. The van der Waals surface area contributed by atoms with Crippen LogP contribution in [-0.2, 0) is 21.4 Å². The highest BCUT2D eigenvalue weighted by atomic mass is 16.4. The number of carbonyl (C=O) groups is 2. The van der Waals surface area contributed by atoms with Crippen molar-refractivity contribution < 1.29 is 14.7 Å². The zero-order valence-electron chi connectivity index (χ0n) is 19.7. The lowest BCUT2D eigenvalue weighted by Gasteiger charge is -2.36. The Labute approximate surface area is 210 Å². The Hall–Kier alpha value is -4.69. The number of nitrogens with one attached hydrogen (secondary N) is 1. The van der Waals surface area contributed by atoms with E-state index in [0.29, 0.717) is 11.1 Å². The van der Waals surface area contributed by atoms with Crippen molar-refractivity contribution in [3.8, 4) is 6.07 Å². The van der Waals surface area contributed by atoms with Gasteiger partial charge in [-0.1, -0.05) is 109 Å². The highest BCUT2D eigenvalue weighted by Gasteiger charge is 2.39. The molecule has 0 aliphatic rings. The molecule has 4 aromatic carbocycles. The number of rotatable bonds is 9. The van der Waals surface area contributed by atoms with Crippen molar-refractivity contribution >= 4 is 11.9 Å². The Morgan fingerprint density at radius 2 is 1.19 bits per heavy atom. The van der Waals surface area contributed by atoms with E-state index >= 15 is 0 Å². The van der Waals surface area contributed by atoms with Crippen LogP contribution < -0.4 is 5.32 Å². The Bertz CT molecular complexity index is 1270. The molecule has 1 amide bonds. The molecule has 0 spiro atoms. The van der Waals surface area contributed by atoms with E-state index in [1.807, 2.05) is 91.0 Å². The van der Waals surface area contributed by atoms with Crippen LogP contribution >= 0.6 is 0 Å². The third-order valence-corrected chi connectivity index (χ3v) is 6.42. The van der Waals surface area contributed by atoms with Crippen LogP contribution in [0.4, 0.5) is 0 Å². The van der Waals surface area contributed by atoms with Gasteiger partial charge in [-0.3, -0.25) is 4.79 Å². The van der Waals surface area contributed by atoms with Gasteiger partial charge in [0.1, 0.15) is 6.04 Å². The smallest absolute Gasteiger partial charge is 0.326 e. The van der Waals surface area contributed by atoms with Gasteiger partial charge >= 0.3 is 5.97 Å². The first kappa shape index (κ1) is 24.4. The second-order valence-corrected chi connectivity index (χ2v) is 8.61. The Morgan fingerprint density at radius 1 is 0.750 bits per heavy atom. The molecule has 0 aliphatic heterocycles. The summed E-state index contributed by atoms with van der Waals surface area (Å²) in [5, 5.41) is 22.0. The number of nitrogens with zero attached hydrogens (tertiary/aromatic N) is 1. The van der Waals surface area contributed by atoms with Gasteiger partial charge in [0, 0.05) is 12.8 Å². The summed E-state index contributed by atoms with van der Waals surface area (Å²) >= 11 is 0.